The zero-order valence-electron chi connectivity index (χ0n) is 12.0. The van der Waals surface area contributed by atoms with Gasteiger partial charge in [-0.1, -0.05) is 6.92 Å². The van der Waals surface area contributed by atoms with Gasteiger partial charge in [-0.25, -0.2) is 9.97 Å². The van der Waals surface area contributed by atoms with Crippen molar-refractivity contribution in [2.24, 2.45) is 5.92 Å². The highest BCUT2D eigenvalue weighted by molar-refractivity contribution is 7.13. The maximum atomic E-state index is 12.3. The van der Waals surface area contributed by atoms with E-state index >= 15 is 0 Å². The monoisotopic (exact) mass is 302 g/mol. The first-order valence-electron chi connectivity index (χ1n) is 7.25. The van der Waals surface area contributed by atoms with Crippen LogP contribution in [0.25, 0.3) is 10.7 Å². The van der Waals surface area contributed by atoms with Gasteiger partial charge in [0.1, 0.15) is 5.69 Å². The van der Waals surface area contributed by atoms with Crippen LogP contribution in [0.4, 0.5) is 0 Å². The second-order valence-corrected chi connectivity index (χ2v) is 6.45. The summed E-state index contributed by atoms with van der Waals surface area (Å²) in [7, 11) is 0. The Kier molecular flexibility index (Phi) is 4.24. The van der Waals surface area contributed by atoms with Crippen LogP contribution in [0.1, 0.15) is 43.1 Å². The number of rotatable bonds is 3. The van der Waals surface area contributed by atoms with Crippen molar-refractivity contribution in [2.75, 3.05) is 0 Å². The minimum Gasteiger partial charge on any atom is -0.348 e. The first kappa shape index (κ1) is 14.1. The van der Waals surface area contributed by atoms with Crippen LogP contribution in [0.2, 0.25) is 0 Å². The topological polar surface area (TPSA) is 67.8 Å². The molecule has 1 aliphatic carbocycles. The van der Waals surface area contributed by atoms with Gasteiger partial charge in [0, 0.05) is 18.4 Å². The van der Waals surface area contributed by atoms with Gasteiger partial charge < -0.3 is 5.32 Å². The Hall–Kier alpha value is -1.82. The molecule has 0 spiro atoms. The first-order valence-corrected chi connectivity index (χ1v) is 8.13. The van der Waals surface area contributed by atoms with Crippen LogP contribution >= 0.6 is 11.3 Å². The second-order valence-electron chi connectivity index (χ2n) is 5.56. The van der Waals surface area contributed by atoms with Gasteiger partial charge >= 0.3 is 0 Å². The third-order valence-corrected chi connectivity index (χ3v) is 4.66. The molecular formula is C15H18N4OS. The summed E-state index contributed by atoms with van der Waals surface area (Å²) in [5.41, 5.74) is 2.15. The van der Waals surface area contributed by atoms with Crippen molar-refractivity contribution >= 4 is 17.2 Å². The molecule has 0 radical (unpaired) electrons. The van der Waals surface area contributed by atoms with E-state index in [1.807, 2.05) is 0 Å². The molecule has 0 unspecified atom stereocenters. The fourth-order valence-corrected chi connectivity index (χ4v) is 3.15. The summed E-state index contributed by atoms with van der Waals surface area (Å²) < 4.78 is 0. The fourth-order valence-electron chi connectivity index (χ4n) is 2.59. The lowest BCUT2D eigenvalue weighted by molar-refractivity contribution is 0.0918. The minimum atomic E-state index is -0.109. The van der Waals surface area contributed by atoms with Crippen molar-refractivity contribution in [2.45, 2.75) is 38.6 Å². The van der Waals surface area contributed by atoms with Crippen molar-refractivity contribution < 1.29 is 4.79 Å². The van der Waals surface area contributed by atoms with Crippen LogP contribution < -0.4 is 5.32 Å². The largest absolute Gasteiger partial charge is 0.348 e. The van der Waals surface area contributed by atoms with Crippen LogP contribution in [0.15, 0.2) is 24.0 Å². The van der Waals surface area contributed by atoms with E-state index in [2.05, 4.69) is 27.2 Å². The van der Waals surface area contributed by atoms with E-state index < -0.39 is 0 Å². The predicted molar refractivity (Wildman–Crippen MR) is 82.0 cm³/mol. The number of nitrogens with one attached hydrogen (secondary N) is 1. The Labute approximate surface area is 127 Å². The summed E-state index contributed by atoms with van der Waals surface area (Å²) in [6.07, 6.45) is 7.81. The normalized spacial score (nSPS) is 22.0. The molecule has 1 aliphatic rings. The molecular weight excluding hydrogens is 284 g/mol. The summed E-state index contributed by atoms with van der Waals surface area (Å²) in [4.78, 5) is 25.7. The molecule has 3 rings (SSSR count). The number of hydrogen-bond donors (Lipinski definition) is 1. The maximum Gasteiger partial charge on any atom is 0.270 e. The summed E-state index contributed by atoms with van der Waals surface area (Å²) in [6, 6.07) is 1.93. The molecule has 1 saturated carbocycles. The SMILES string of the molecule is CC1CCC(NC(=O)c2ccnc(-c3cncs3)n2)CC1. The second kappa shape index (κ2) is 6.30. The van der Waals surface area contributed by atoms with E-state index in [0.29, 0.717) is 11.5 Å². The lowest BCUT2D eigenvalue weighted by Crippen LogP contribution is -2.37. The maximum absolute atomic E-state index is 12.3. The van der Waals surface area contributed by atoms with Gasteiger partial charge in [-0.05, 0) is 37.7 Å². The van der Waals surface area contributed by atoms with E-state index in [1.165, 1.54) is 24.2 Å². The third-order valence-electron chi connectivity index (χ3n) is 3.89. The Morgan fingerprint density at radius 1 is 1.33 bits per heavy atom. The summed E-state index contributed by atoms with van der Waals surface area (Å²) in [5.74, 6) is 1.22. The van der Waals surface area contributed by atoms with E-state index in [4.69, 9.17) is 0 Å². The molecule has 0 aromatic carbocycles. The Balaban J connectivity index is 1.69. The summed E-state index contributed by atoms with van der Waals surface area (Å²) >= 11 is 1.46. The van der Waals surface area contributed by atoms with E-state index in [9.17, 15) is 4.79 Å². The van der Waals surface area contributed by atoms with Crippen molar-refractivity contribution in [3.8, 4) is 10.7 Å². The average Bonchev–Trinajstić information content (AvgIpc) is 3.04. The van der Waals surface area contributed by atoms with Gasteiger partial charge in [0.25, 0.3) is 5.91 Å². The molecule has 0 bridgehead atoms. The lowest BCUT2D eigenvalue weighted by Gasteiger charge is -2.26. The third kappa shape index (κ3) is 3.44. The van der Waals surface area contributed by atoms with Crippen molar-refractivity contribution in [1.29, 1.82) is 0 Å². The Morgan fingerprint density at radius 3 is 2.86 bits per heavy atom. The van der Waals surface area contributed by atoms with E-state index in [0.717, 1.165) is 23.6 Å². The fraction of sp³-hybridized carbons (Fsp3) is 0.467. The molecule has 1 fully saturated rings. The number of nitrogens with zero attached hydrogens (tertiary/aromatic N) is 3. The number of thiazole rings is 1. The number of hydrogen-bond acceptors (Lipinski definition) is 5. The molecule has 0 atom stereocenters. The summed E-state index contributed by atoms with van der Waals surface area (Å²) in [6.45, 7) is 2.27. The molecule has 1 amide bonds. The minimum absolute atomic E-state index is 0.109. The summed E-state index contributed by atoms with van der Waals surface area (Å²) in [5, 5.41) is 3.09. The van der Waals surface area contributed by atoms with Gasteiger partial charge in [0.15, 0.2) is 5.82 Å². The smallest absolute Gasteiger partial charge is 0.270 e. The Morgan fingerprint density at radius 2 is 2.14 bits per heavy atom. The number of amides is 1. The van der Waals surface area contributed by atoms with Crippen molar-refractivity contribution in [3.05, 3.63) is 29.7 Å². The highest BCUT2D eigenvalue weighted by Gasteiger charge is 2.21. The molecule has 21 heavy (non-hydrogen) atoms. The standard InChI is InChI=1S/C15H18N4OS/c1-10-2-4-11(5-3-10)18-15(20)12-6-7-17-14(19-12)13-8-16-9-21-13/h6-11H,2-5H2,1H3,(H,18,20). The highest BCUT2D eigenvalue weighted by atomic mass is 32.1. The van der Waals surface area contributed by atoms with E-state index in [-0.39, 0.29) is 11.9 Å². The number of aromatic nitrogens is 3. The lowest BCUT2D eigenvalue weighted by atomic mass is 9.87. The van der Waals surface area contributed by atoms with Crippen LogP contribution in [-0.4, -0.2) is 26.9 Å². The van der Waals surface area contributed by atoms with Gasteiger partial charge in [-0.15, -0.1) is 11.3 Å². The van der Waals surface area contributed by atoms with Gasteiger partial charge in [0.2, 0.25) is 0 Å². The van der Waals surface area contributed by atoms with Gasteiger partial charge in [-0.3, -0.25) is 9.78 Å². The van der Waals surface area contributed by atoms with Crippen molar-refractivity contribution in [3.63, 3.8) is 0 Å². The number of carbonyl (C=O) groups excluding carboxylic acids is 1. The average molecular weight is 302 g/mol. The molecule has 1 N–H and O–H groups in total. The molecule has 2 aromatic rings. The zero-order chi connectivity index (χ0) is 14.7. The quantitative estimate of drug-likeness (QED) is 0.946. The van der Waals surface area contributed by atoms with E-state index in [1.54, 1.807) is 24.0 Å². The van der Waals surface area contributed by atoms with Crippen molar-refractivity contribution in [1.82, 2.24) is 20.3 Å². The zero-order valence-corrected chi connectivity index (χ0v) is 12.8. The molecule has 0 saturated heterocycles. The van der Waals surface area contributed by atoms with Crippen LogP contribution in [0, 0.1) is 5.92 Å². The van der Waals surface area contributed by atoms with Crippen LogP contribution in [-0.2, 0) is 0 Å². The molecule has 6 heteroatoms. The van der Waals surface area contributed by atoms with Crippen LogP contribution in [0.5, 0.6) is 0 Å². The molecule has 110 valence electrons. The predicted octanol–water partition coefficient (Wildman–Crippen LogP) is 2.91. The van der Waals surface area contributed by atoms with Crippen LogP contribution in [0.3, 0.4) is 0 Å². The Bertz CT molecular complexity index is 606. The van der Waals surface area contributed by atoms with Gasteiger partial charge in [0.05, 0.1) is 10.4 Å². The molecule has 0 aliphatic heterocycles. The highest BCUT2D eigenvalue weighted by Crippen LogP contribution is 2.24. The molecule has 5 nitrogen and oxygen atoms in total. The van der Waals surface area contributed by atoms with Gasteiger partial charge in [-0.2, -0.15) is 0 Å². The first-order chi connectivity index (χ1) is 10.2. The molecule has 2 heterocycles. The number of carbonyl (C=O) groups is 1. The molecule has 2 aromatic heterocycles.